The highest BCUT2D eigenvalue weighted by atomic mass is 16.3. The molecule has 0 bridgehead atoms. The molecule has 4 nitrogen and oxygen atoms in total. The van der Waals surface area contributed by atoms with Gasteiger partial charge in [0.05, 0.1) is 22.7 Å². The van der Waals surface area contributed by atoms with Gasteiger partial charge in [0, 0.05) is 54.8 Å². The first-order valence-corrected chi connectivity index (χ1v) is 24.0. The Morgan fingerprint density at radius 2 is 0.691 bits per heavy atom. The van der Waals surface area contributed by atoms with Crippen molar-refractivity contribution in [3.8, 4) is 0 Å². The summed E-state index contributed by atoms with van der Waals surface area (Å²) in [6.45, 7) is 22.4. The Kier molecular flexibility index (Phi) is 9.21. The molecule has 0 atom stereocenters. The Morgan fingerprint density at radius 1 is 0.324 bits per heavy atom. The molecule has 2 aromatic heterocycles. The monoisotopic (exact) mass is 884 g/mol. The van der Waals surface area contributed by atoms with Crippen molar-refractivity contribution in [3.63, 3.8) is 0 Å². The van der Waals surface area contributed by atoms with E-state index < -0.39 is 0 Å². The summed E-state index contributed by atoms with van der Waals surface area (Å²) >= 11 is 0. The lowest BCUT2D eigenvalue weighted by molar-refractivity contribution is 0.572. The van der Waals surface area contributed by atoms with Crippen molar-refractivity contribution >= 4 is 110 Å². The molecular formula is C64H56N2O2. The number of rotatable bonds is 6. The molecule has 334 valence electrons. The van der Waals surface area contributed by atoms with Crippen molar-refractivity contribution in [2.24, 2.45) is 0 Å². The zero-order chi connectivity index (χ0) is 47.0. The number of aryl methyl sites for hydroxylation is 4. The molecule has 0 radical (unpaired) electrons. The van der Waals surface area contributed by atoms with E-state index in [-0.39, 0.29) is 10.8 Å². The second-order valence-corrected chi connectivity index (χ2v) is 21.2. The maximum atomic E-state index is 7.12. The molecular weight excluding hydrogens is 829 g/mol. The number of hydrogen-bond donors (Lipinski definition) is 0. The Morgan fingerprint density at radius 3 is 1.09 bits per heavy atom. The molecule has 12 aromatic rings. The van der Waals surface area contributed by atoms with Crippen LogP contribution in [-0.2, 0) is 10.8 Å². The van der Waals surface area contributed by atoms with Crippen LogP contribution in [0, 0.1) is 27.7 Å². The number of furan rings is 2. The second kappa shape index (κ2) is 15.0. The van der Waals surface area contributed by atoms with Gasteiger partial charge in [0.2, 0.25) is 0 Å². The predicted molar refractivity (Wildman–Crippen MR) is 290 cm³/mol. The van der Waals surface area contributed by atoms with E-state index in [1.807, 2.05) is 0 Å². The Balaban J connectivity index is 1.14. The normalized spacial score (nSPS) is 12.6. The SMILES string of the molecule is Cc1ccc(C)c(N(c2ccc3ccc4c(N(c5cc(C)ccc5C)c5cccc6c5oc5c(C(C)(C)C)cccc56)ccc5ccc2c3c54)c2cccc3c2oc2c(C(C)(C)C)cccc23)c1. The van der Waals surface area contributed by atoms with Gasteiger partial charge in [-0.05, 0) is 119 Å². The van der Waals surface area contributed by atoms with Crippen molar-refractivity contribution in [2.75, 3.05) is 9.80 Å². The molecule has 0 saturated heterocycles. The topological polar surface area (TPSA) is 32.8 Å². The standard InChI is InChI=1S/C64H56N2O2/c1-37-23-25-39(3)55(35-37)65(53-21-13-17-45-43-15-11-19-49(63(5,6)7)59(43)67-61(45)53)51-33-29-41-28-32-48-52(34-30-42-27-31-47(51)57(41)58(42)48)66(56-36-38(2)24-26-40(56)4)54-22-14-18-46-44-16-12-20-50(64(8,9)10)60(44)68-62(46)54/h11-36H,1-10H3. The highest BCUT2D eigenvalue weighted by molar-refractivity contribution is 6.29. The number of benzene rings is 10. The number of hydrogen-bond acceptors (Lipinski definition) is 4. The summed E-state index contributed by atoms with van der Waals surface area (Å²) in [4.78, 5) is 4.90. The minimum Gasteiger partial charge on any atom is -0.454 e. The lowest BCUT2D eigenvalue weighted by Crippen LogP contribution is -2.13. The molecule has 10 aromatic carbocycles. The van der Waals surface area contributed by atoms with Crippen LogP contribution >= 0.6 is 0 Å². The van der Waals surface area contributed by atoms with Crippen LogP contribution < -0.4 is 9.80 Å². The van der Waals surface area contributed by atoms with Gasteiger partial charge in [-0.1, -0.05) is 163 Å². The summed E-state index contributed by atoms with van der Waals surface area (Å²) in [5.41, 5.74) is 17.1. The van der Waals surface area contributed by atoms with Crippen molar-refractivity contribution < 1.29 is 8.83 Å². The highest BCUT2D eigenvalue weighted by Gasteiger charge is 2.29. The molecule has 0 fully saturated rings. The van der Waals surface area contributed by atoms with Crippen LogP contribution in [0.1, 0.15) is 74.9 Å². The van der Waals surface area contributed by atoms with Gasteiger partial charge < -0.3 is 18.6 Å². The van der Waals surface area contributed by atoms with E-state index in [1.165, 1.54) is 65.7 Å². The maximum Gasteiger partial charge on any atom is 0.159 e. The summed E-state index contributed by atoms with van der Waals surface area (Å²) in [5.74, 6) is 0. The number of fused-ring (bicyclic) bond motifs is 6. The van der Waals surface area contributed by atoms with E-state index in [0.717, 1.165) is 78.0 Å². The van der Waals surface area contributed by atoms with Crippen LogP contribution in [0.5, 0.6) is 0 Å². The van der Waals surface area contributed by atoms with Gasteiger partial charge in [-0.3, -0.25) is 0 Å². The Bertz CT molecular complexity index is 3740. The third-order valence-corrected chi connectivity index (χ3v) is 14.4. The Hall–Kier alpha value is -7.56. The van der Waals surface area contributed by atoms with E-state index in [9.17, 15) is 0 Å². The quantitative estimate of drug-likeness (QED) is 0.156. The molecule has 0 aliphatic rings. The first kappa shape index (κ1) is 41.8. The van der Waals surface area contributed by atoms with Gasteiger partial charge in [-0.2, -0.15) is 0 Å². The molecule has 4 heteroatoms. The molecule has 0 N–H and O–H groups in total. The molecule has 0 saturated carbocycles. The number of para-hydroxylation sites is 4. The van der Waals surface area contributed by atoms with Crippen LogP contribution in [0.15, 0.2) is 167 Å². The molecule has 12 rings (SSSR count). The van der Waals surface area contributed by atoms with Gasteiger partial charge in [0.15, 0.2) is 11.2 Å². The summed E-state index contributed by atoms with van der Waals surface area (Å²) in [6, 6.07) is 58.5. The van der Waals surface area contributed by atoms with Crippen LogP contribution in [0.25, 0.3) is 76.2 Å². The van der Waals surface area contributed by atoms with Crippen LogP contribution in [0.2, 0.25) is 0 Å². The number of anilines is 6. The van der Waals surface area contributed by atoms with Gasteiger partial charge in [-0.25, -0.2) is 0 Å². The third kappa shape index (κ3) is 6.34. The third-order valence-electron chi connectivity index (χ3n) is 14.4. The molecule has 0 aliphatic heterocycles. The van der Waals surface area contributed by atoms with E-state index in [1.54, 1.807) is 0 Å². The molecule has 0 spiro atoms. The Labute approximate surface area is 398 Å². The van der Waals surface area contributed by atoms with E-state index in [0.29, 0.717) is 0 Å². The van der Waals surface area contributed by atoms with Gasteiger partial charge in [0.1, 0.15) is 11.2 Å². The minimum atomic E-state index is -0.0900. The fourth-order valence-corrected chi connectivity index (χ4v) is 11.0. The van der Waals surface area contributed by atoms with Gasteiger partial charge in [0.25, 0.3) is 0 Å². The van der Waals surface area contributed by atoms with Crippen LogP contribution in [0.4, 0.5) is 34.1 Å². The smallest absolute Gasteiger partial charge is 0.159 e. The average molecular weight is 885 g/mol. The average Bonchev–Trinajstić information content (AvgIpc) is 3.90. The first-order valence-electron chi connectivity index (χ1n) is 24.0. The van der Waals surface area contributed by atoms with Crippen LogP contribution in [-0.4, -0.2) is 0 Å². The van der Waals surface area contributed by atoms with Crippen molar-refractivity contribution in [1.82, 2.24) is 0 Å². The molecule has 2 heterocycles. The predicted octanol–water partition coefficient (Wildman–Crippen LogP) is 19.2. The maximum absolute atomic E-state index is 7.12. The van der Waals surface area contributed by atoms with E-state index in [2.05, 4.69) is 237 Å². The molecule has 0 aliphatic carbocycles. The summed E-state index contributed by atoms with van der Waals surface area (Å²) < 4.78 is 14.2. The molecule has 0 unspecified atom stereocenters. The molecule has 0 amide bonds. The first-order chi connectivity index (χ1) is 32.7. The van der Waals surface area contributed by atoms with Crippen molar-refractivity contribution in [1.29, 1.82) is 0 Å². The highest BCUT2D eigenvalue weighted by Crippen LogP contribution is 2.52. The van der Waals surface area contributed by atoms with E-state index in [4.69, 9.17) is 8.83 Å². The summed E-state index contributed by atoms with van der Waals surface area (Å²) in [5, 5.41) is 11.7. The largest absolute Gasteiger partial charge is 0.454 e. The van der Waals surface area contributed by atoms with Crippen molar-refractivity contribution in [3.05, 3.63) is 191 Å². The zero-order valence-corrected chi connectivity index (χ0v) is 40.7. The molecule has 68 heavy (non-hydrogen) atoms. The van der Waals surface area contributed by atoms with E-state index >= 15 is 0 Å². The fourth-order valence-electron chi connectivity index (χ4n) is 11.0. The fraction of sp³-hybridized carbons (Fsp3) is 0.188. The summed E-state index contributed by atoms with van der Waals surface area (Å²) in [6.07, 6.45) is 0. The van der Waals surface area contributed by atoms with Gasteiger partial charge >= 0.3 is 0 Å². The van der Waals surface area contributed by atoms with Crippen molar-refractivity contribution in [2.45, 2.75) is 80.1 Å². The summed E-state index contributed by atoms with van der Waals surface area (Å²) in [7, 11) is 0. The minimum absolute atomic E-state index is 0.0900. The van der Waals surface area contributed by atoms with Gasteiger partial charge in [-0.15, -0.1) is 0 Å². The van der Waals surface area contributed by atoms with Crippen LogP contribution in [0.3, 0.4) is 0 Å². The lowest BCUT2D eigenvalue weighted by Gasteiger charge is -2.30. The zero-order valence-electron chi connectivity index (χ0n) is 40.7. The second-order valence-electron chi connectivity index (χ2n) is 21.2. The number of nitrogens with zero attached hydrogens (tertiary/aromatic N) is 2. The lowest BCUT2D eigenvalue weighted by atomic mass is 9.86.